The van der Waals surface area contributed by atoms with Crippen LogP contribution in [-0.2, 0) is 9.59 Å². The average molecular weight is 417 g/mol. The van der Waals surface area contributed by atoms with Crippen molar-refractivity contribution < 1.29 is 18.8 Å². The molecule has 1 aromatic carbocycles. The van der Waals surface area contributed by atoms with Gasteiger partial charge in [-0.15, -0.1) is 10.2 Å². The number of amides is 4. The first-order valence-corrected chi connectivity index (χ1v) is 10.4. The number of halogens is 1. The zero-order valence-corrected chi connectivity index (χ0v) is 16.4. The van der Waals surface area contributed by atoms with Crippen LogP contribution in [0.15, 0.2) is 24.3 Å². The van der Waals surface area contributed by atoms with Gasteiger partial charge in [0.1, 0.15) is 11.9 Å². The standard InChI is InChI=1S/C19H20FN5O3S/c20-13-9-5-4-8-12(13)16-23-24-18(29-16)22-15(26)10-14-17(27)25(19(28)21-14)11-6-2-1-3-7-11/h4-5,8-9,11,14H,1-3,6-7,10H2,(H,21,28)(H,22,24,26)/t14-/m0/s1. The van der Waals surface area contributed by atoms with Gasteiger partial charge in [-0.2, -0.15) is 0 Å². The van der Waals surface area contributed by atoms with Crippen molar-refractivity contribution >= 4 is 34.3 Å². The highest BCUT2D eigenvalue weighted by Crippen LogP contribution is 2.29. The summed E-state index contributed by atoms with van der Waals surface area (Å²) in [5.74, 6) is -1.25. The van der Waals surface area contributed by atoms with Crippen molar-refractivity contribution in [3.8, 4) is 10.6 Å². The number of anilines is 1. The second-order valence-electron chi connectivity index (χ2n) is 7.15. The van der Waals surface area contributed by atoms with Crippen LogP contribution in [0.2, 0.25) is 0 Å². The molecule has 0 radical (unpaired) electrons. The molecule has 8 nitrogen and oxygen atoms in total. The molecule has 1 atom stereocenters. The summed E-state index contributed by atoms with van der Waals surface area (Å²) in [7, 11) is 0. The molecule has 4 rings (SSSR count). The lowest BCUT2D eigenvalue weighted by Gasteiger charge is -2.28. The first kappa shape index (κ1) is 19.4. The minimum absolute atomic E-state index is 0.0872. The van der Waals surface area contributed by atoms with E-state index >= 15 is 0 Å². The largest absolute Gasteiger partial charge is 0.325 e. The summed E-state index contributed by atoms with van der Waals surface area (Å²) >= 11 is 1.03. The number of rotatable bonds is 5. The number of aromatic nitrogens is 2. The number of hydrogen-bond donors (Lipinski definition) is 2. The van der Waals surface area contributed by atoms with Crippen LogP contribution in [0, 0.1) is 5.82 Å². The minimum atomic E-state index is -0.886. The Labute approximate surface area is 170 Å². The molecular formula is C19H20FN5O3S. The summed E-state index contributed by atoms with van der Waals surface area (Å²) in [4.78, 5) is 38.5. The predicted molar refractivity (Wildman–Crippen MR) is 105 cm³/mol. The number of carbonyl (C=O) groups excluding carboxylic acids is 3. The summed E-state index contributed by atoms with van der Waals surface area (Å²) < 4.78 is 13.9. The third-order valence-corrected chi connectivity index (χ3v) is 6.03. The number of hydrogen-bond acceptors (Lipinski definition) is 6. The van der Waals surface area contributed by atoms with Crippen molar-refractivity contribution in [1.82, 2.24) is 20.4 Å². The van der Waals surface area contributed by atoms with Gasteiger partial charge in [0.05, 0.1) is 6.42 Å². The third kappa shape index (κ3) is 4.12. The van der Waals surface area contributed by atoms with Crippen molar-refractivity contribution in [3.05, 3.63) is 30.1 Å². The SMILES string of the molecule is O=C(C[C@@H]1NC(=O)N(C2CCCCC2)C1=O)Nc1nnc(-c2ccccc2F)s1. The van der Waals surface area contributed by atoms with Crippen LogP contribution in [0.3, 0.4) is 0 Å². The molecule has 1 aliphatic heterocycles. The van der Waals surface area contributed by atoms with Crippen LogP contribution in [0.25, 0.3) is 10.6 Å². The fourth-order valence-corrected chi connectivity index (χ4v) is 4.53. The number of urea groups is 1. The maximum atomic E-state index is 13.9. The summed E-state index contributed by atoms with van der Waals surface area (Å²) in [6, 6.07) is 4.75. The maximum Gasteiger partial charge on any atom is 0.325 e. The fourth-order valence-electron chi connectivity index (χ4n) is 3.74. The molecule has 1 saturated carbocycles. The van der Waals surface area contributed by atoms with Crippen molar-refractivity contribution in [2.75, 3.05) is 5.32 Å². The van der Waals surface area contributed by atoms with Gasteiger partial charge in [-0.05, 0) is 25.0 Å². The molecule has 0 unspecified atom stereocenters. The highest BCUT2D eigenvalue weighted by molar-refractivity contribution is 7.18. The number of imide groups is 1. The molecular weight excluding hydrogens is 397 g/mol. The minimum Gasteiger partial charge on any atom is -0.325 e. The second kappa shape index (κ2) is 8.24. The first-order chi connectivity index (χ1) is 14.0. The Morgan fingerprint density at radius 2 is 1.97 bits per heavy atom. The van der Waals surface area contributed by atoms with Crippen LogP contribution in [0.1, 0.15) is 38.5 Å². The Hall–Kier alpha value is -2.88. The van der Waals surface area contributed by atoms with E-state index < -0.39 is 23.8 Å². The van der Waals surface area contributed by atoms with Crippen molar-refractivity contribution in [2.45, 2.75) is 50.6 Å². The van der Waals surface area contributed by atoms with Crippen molar-refractivity contribution in [2.24, 2.45) is 0 Å². The van der Waals surface area contributed by atoms with Crippen LogP contribution in [0.5, 0.6) is 0 Å². The summed E-state index contributed by atoms with van der Waals surface area (Å²) in [5.41, 5.74) is 0.298. The lowest BCUT2D eigenvalue weighted by molar-refractivity contribution is -0.131. The molecule has 1 aliphatic carbocycles. The molecule has 10 heteroatoms. The van der Waals surface area contributed by atoms with E-state index in [-0.39, 0.29) is 23.5 Å². The average Bonchev–Trinajstić information content (AvgIpc) is 3.27. The van der Waals surface area contributed by atoms with E-state index in [9.17, 15) is 18.8 Å². The van der Waals surface area contributed by atoms with E-state index in [1.54, 1.807) is 18.2 Å². The molecule has 2 heterocycles. The van der Waals surface area contributed by atoms with Gasteiger partial charge in [-0.25, -0.2) is 9.18 Å². The third-order valence-electron chi connectivity index (χ3n) is 5.16. The van der Waals surface area contributed by atoms with E-state index in [1.807, 2.05) is 0 Å². The van der Waals surface area contributed by atoms with E-state index in [0.29, 0.717) is 10.6 Å². The molecule has 29 heavy (non-hydrogen) atoms. The van der Waals surface area contributed by atoms with Gasteiger partial charge in [0, 0.05) is 11.6 Å². The lowest BCUT2D eigenvalue weighted by Crippen LogP contribution is -2.42. The lowest BCUT2D eigenvalue weighted by atomic mass is 9.94. The molecule has 2 fully saturated rings. The van der Waals surface area contributed by atoms with E-state index in [4.69, 9.17) is 0 Å². The zero-order chi connectivity index (χ0) is 20.4. The normalized spacial score (nSPS) is 20.0. The molecule has 1 aromatic heterocycles. The Morgan fingerprint density at radius 1 is 1.21 bits per heavy atom. The van der Waals surface area contributed by atoms with Gasteiger partial charge in [-0.3, -0.25) is 14.5 Å². The number of carbonyl (C=O) groups is 3. The zero-order valence-electron chi connectivity index (χ0n) is 15.6. The van der Waals surface area contributed by atoms with Crippen LogP contribution >= 0.6 is 11.3 Å². The fraction of sp³-hybridized carbons (Fsp3) is 0.421. The first-order valence-electron chi connectivity index (χ1n) is 9.55. The van der Waals surface area contributed by atoms with Crippen LogP contribution in [-0.4, -0.2) is 45.0 Å². The Bertz CT molecular complexity index is 943. The monoisotopic (exact) mass is 417 g/mol. The molecule has 4 amide bonds. The van der Waals surface area contributed by atoms with Crippen LogP contribution < -0.4 is 10.6 Å². The topological polar surface area (TPSA) is 104 Å². The summed E-state index contributed by atoms with van der Waals surface area (Å²) in [6.07, 6.45) is 4.52. The molecule has 1 saturated heterocycles. The van der Waals surface area contributed by atoms with Gasteiger partial charge in [0.25, 0.3) is 5.91 Å². The van der Waals surface area contributed by atoms with Crippen LogP contribution in [0.4, 0.5) is 14.3 Å². The van der Waals surface area contributed by atoms with Gasteiger partial charge < -0.3 is 10.6 Å². The highest BCUT2D eigenvalue weighted by atomic mass is 32.1. The van der Waals surface area contributed by atoms with E-state index in [1.165, 1.54) is 11.0 Å². The summed E-state index contributed by atoms with van der Waals surface area (Å²) in [5, 5.41) is 13.5. The van der Waals surface area contributed by atoms with Gasteiger partial charge in [0.2, 0.25) is 11.0 Å². The van der Waals surface area contributed by atoms with Crippen molar-refractivity contribution in [1.29, 1.82) is 0 Å². The number of nitrogens with one attached hydrogen (secondary N) is 2. The number of benzene rings is 1. The van der Waals surface area contributed by atoms with Gasteiger partial charge in [-0.1, -0.05) is 42.7 Å². The Kier molecular flexibility index (Phi) is 5.52. The van der Waals surface area contributed by atoms with Gasteiger partial charge >= 0.3 is 6.03 Å². The highest BCUT2D eigenvalue weighted by Gasteiger charge is 2.42. The van der Waals surface area contributed by atoms with E-state index in [2.05, 4.69) is 20.8 Å². The molecule has 2 N–H and O–H groups in total. The maximum absolute atomic E-state index is 13.9. The molecule has 0 spiro atoms. The molecule has 2 aliphatic rings. The quantitative estimate of drug-likeness (QED) is 0.728. The van der Waals surface area contributed by atoms with Gasteiger partial charge in [0.15, 0.2) is 5.01 Å². The molecule has 2 aromatic rings. The van der Waals surface area contributed by atoms with E-state index in [0.717, 1.165) is 43.4 Å². The molecule has 0 bridgehead atoms. The second-order valence-corrected chi connectivity index (χ2v) is 8.12. The number of nitrogens with zero attached hydrogens (tertiary/aromatic N) is 3. The molecule has 152 valence electrons. The Balaban J connectivity index is 1.37. The summed E-state index contributed by atoms with van der Waals surface area (Å²) in [6.45, 7) is 0. The predicted octanol–water partition coefficient (Wildman–Crippen LogP) is 2.93. The smallest absolute Gasteiger partial charge is 0.325 e. The van der Waals surface area contributed by atoms with Crippen molar-refractivity contribution in [3.63, 3.8) is 0 Å². The Morgan fingerprint density at radius 3 is 2.72 bits per heavy atom.